The van der Waals surface area contributed by atoms with Gasteiger partial charge < -0.3 is 10.2 Å². The molecule has 25 heavy (non-hydrogen) atoms. The summed E-state index contributed by atoms with van der Waals surface area (Å²) in [6.45, 7) is 3.88. The molecule has 0 fully saturated rings. The van der Waals surface area contributed by atoms with E-state index in [1.54, 1.807) is 0 Å². The molecule has 143 valence electrons. The summed E-state index contributed by atoms with van der Waals surface area (Å²) >= 11 is -2.20. The first-order chi connectivity index (χ1) is 12.1. The van der Waals surface area contributed by atoms with Gasteiger partial charge >= 0.3 is 128 Å². The maximum absolute atomic E-state index is 8.56. The zero-order valence-corrected chi connectivity index (χ0v) is 20.7. The topological polar surface area (TPSA) is 53.4 Å². The van der Waals surface area contributed by atoms with Crippen LogP contribution < -0.4 is 4.40 Å². The number of hydrogen-bond acceptors (Lipinski definition) is 3. The zero-order valence-electron chi connectivity index (χ0n) is 18.2. The van der Waals surface area contributed by atoms with Crippen molar-refractivity contribution in [2.45, 2.75) is 37.5 Å². The third-order valence-electron chi connectivity index (χ3n) is 3.14. The predicted molar refractivity (Wildman–Crippen MR) is 106 cm³/mol. The van der Waals surface area contributed by atoms with E-state index in [2.05, 4.69) is 28.3 Å². The van der Waals surface area contributed by atoms with E-state index in [1.807, 2.05) is 50.4 Å². The van der Waals surface area contributed by atoms with Gasteiger partial charge in [-0.15, -0.1) is 0 Å². The molecule has 1 heterocycles. The van der Waals surface area contributed by atoms with Crippen molar-refractivity contribution < 1.29 is 33.1 Å². The molecule has 1 aromatic heterocycles. The van der Waals surface area contributed by atoms with Crippen LogP contribution in [-0.2, 0) is 26.5 Å². The fraction of sp³-hybridized carbons (Fsp3) is 0.450. The van der Waals surface area contributed by atoms with Crippen LogP contribution in [0, 0.1) is 12.0 Å². The second-order valence-electron chi connectivity index (χ2n) is 6.44. The fourth-order valence-corrected chi connectivity index (χ4v) is 5.13. The Balaban J connectivity index is 0. The minimum Gasteiger partial charge on any atom is 0 e. The third kappa shape index (κ3) is 9.11. The summed E-state index contributed by atoms with van der Waals surface area (Å²) in [4.78, 5) is 4.60. The van der Waals surface area contributed by atoms with Crippen LogP contribution in [0.25, 0.3) is 11.3 Å². The van der Waals surface area contributed by atoms with Crippen molar-refractivity contribution in [1.29, 1.82) is 0 Å². The van der Waals surface area contributed by atoms with Gasteiger partial charge in [0.1, 0.15) is 0 Å². The van der Waals surface area contributed by atoms with Crippen LogP contribution in [0.15, 0.2) is 36.5 Å². The van der Waals surface area contributed by atoms with E-state index in [-0.39, 0.29) is 26.0 Å². The van der Waals surface area contributed by atoms with Crippen LogP contribution >= 0.6 is 0 Å². The Kier molecular flexibility index (Phi) is 12.3. The molecular formula is C20H32GeIrNO2-. The Labute approximate surface area is 172 Å². The van der Waals surface area contributed by atoms with Crippen LogP contribution in [0.2, 0.25) is 17.3 Å². The Hall–Kier alpha value is -0.518. The molecule has 0 unspecified atom stereocenters. The van der Waals surface area contributed by atoms with Crippen LogP contribution in [-0.4, -0.2) is 42.7 Å². The van der Waals surface area contributed by atoms with Gasteiger partial charge in [0.05, 0.1) is 0 Å². The molecule has 2 aromatic rings. The van der Waals surface area contributed by atoms with Gasteiger partial charge in [-0.05, 0) is 0 Å². The molecule has 2 rings (SSSR count). The molecule has 3 nitrogen and oxygen atoms in total. The van der Waals surface area contributed by atoms with Crippen LogP contribution in [0.4, 0.5) is 0 Å². The van der Waals surface area contributed by atoms with Gasteiger partial charge in [-0.3, -0.25) is 0 Å². The second-order valence-corrected chi connectivity index (χ2v) is 17.0. The van der Waals surface area contributed by atoms with Crippen molar-refractivity contribution in [3.05, 3.63) is 48.2 Å². The fourth-order valence-electron chi connectivity index (χ4n) is 2.18. The van der Waals surface area contributed by atoms with E-state index in [1.165, 1.54) is 0 Å². The number of rotatable bonds is 4. The van der Waals surface area contributed by atoms with Gasteiger partial charge in [-0.25, -0.2) is 0 Å². The van der Waals surface area contributed by atoms with Crippen molar-refractivity contribution >= 4 is 17.7 Å². The van der Waals surface area contributed by atoms with Gasteiger partial charge in [0.25, 0.3) is 0 Å². The maximum Gasteiger partial charge on any atom is 0 e. The summed E-state index contributed by atoms with van der Waals surface area (Å²) in [7, 11) is 2.00. The van der Waals surface area contributed by atoms with Gasteiger partial charge in [-0.2, -0.15) is 0 Å². The van der Waals surface area contributed by atoms with Crippen molar-refractivity contribution in [2.75, 3.05) is 14.2 Å². The van der Waals surface area contributed by atoms with Gasteiger partial charge in [0.2, 0.25) is 0 Å². The smallest absolute Gasteiger partial charge is 0 e. The number of hydrogen-bond donors (Lipinski definition) is 2. The normalized spacial score (nSPS) is 11.8. The van der Waals surface area contributed by atoms with Gasteiger partial charge in [0.15, 0.2) is 0 Å². The minimum absolute atomic E-state index is 0. The first-order valence-electron chi connectivity index (χ1n) is 9.01. The number of aliphatic hydroxyl groups excluding tert-OH is 2. The standard InChI is InChI=1S/C18H24GeN.2CH4O.Ir/c1-14(2)11-16-12-18(15-9-7-6-8-10-15)20-13-17(16)19(3,4)5;2*1-2;/h6-9,12-14H,11H2,1-5H3;2*2H,1H3;/q-1;;;/i11D2;;;. The summed E-state index contributed by atoms with van der Waals surface area (Å²) in [5, 5.41) is 14.0. The molecule has 1 radical (unpaired) electrons. The monoisotopic (exact) mass is 587 g/mol. The molecule has 0 saturated heterocycles. The molecule has 0 saturated carbocycles. The molecule has 0 amide bonds. The molecule has 5 heteroatoms. The summed E-state index contributed by atoms with van der Waals surface area (Å²) in [5.41, 5.74) is 2.53. The van der Waals surface area contributed by atoms with Gasteiger partial charge in [-0.1, -0.05) is 0 Å². The average Bonchev–Trinajstić information content (AvgIpc) is 2.64. The Morgan fingerprint density at radius 3 is 2.20 bits per heavy atom. The number of benzene rings is 1. The van der Waals surface area contributed by atoms with E-state index >= 15 is 0 Å². The molecule has 0 aliphatic carbocycles. The van der Waals surface area contributed by atoms with Crippen LogP contribution in [0.5, 0.6) is 0 Å². The Morgan fingerprint density at radius 1 is 1.16 bits per heavy atom. The first-order valence-corrected chi connectivity index (χ1v) is 15.4. The zero-order chi connectivity index (χ0) is 20.5. The van der Waals surface area contributed by atoms with E-state index in [4.69, 9.17) is 13.0 Å². The predicted octanol–water partition coefficient (Wildman–Crippen LogP) is 3.51. The molecule has 0 aliphatic heterocycles. The molecular weight excluding hydrogens is 551 g/mol. The number of nitrogens with zero attached hydrogens (tertiary/aromatic N) is 1. The summed E-state index contributed by atoms with van der Waals surface area (Å²) in [6, 6.07) is 12.8. The van der Waals surface area contributed by atoms with Crippen LogP contribution in [0.3, 0.4) is 0 Å². The largest absolute Gasteiger partial charge is 0 e. The molecule has 1 aromatic carbocycles. The molecule has 2 N–H and O–H groups in total. The Morgan fingerprint density at radius 2 is 1.76 bits per heavy atom. The SMILES string of the molecule is CO.CO.[2H]C([2H])(c1cc(-c2[c-]cccc2)nc[c]1[Ge]([CH3])([CH3])[CH3])C(C)C.[Ir]. The first kappa shape index (κ1) is 22.5. The number of pyridine rings is 1. The van der Waals surface area contributed by atoms with E-state index in [0.717, 1.165) is 35.4 Å². The quantitative estimate of drug-likeness (QED) is 0.427. The minimum atomic E-state index is -2.20. The molecule has 0 aliphatic rings. The molecule has 0 atom stereocenters. The number of aliphatic hydroxyl groups is 2. The third-order valence-corrected chi connectivity index (χ3v) is 7.37. The summed E-state index contributed by atoms with van der Waals surface area (Å²) < 4.78 is 18.3. The summed E-state index contributed by atoms with van der Waals surface area (Å²) in [6.07, 6.45) is 0.562. The van der Waals surface area contributed by atoms with Crippen LogP contribution in [0.1, 0.15) is 22.2 Å². The molecule has 0 spiro atoms. The van der Waals surface area contributed by atoms with E-state index in [0.29, 0.717) is 0 Å². The second kappa shape index (κ2) is 13.7. The van der Waals surface area contributed by atoms with Crippen molar-refractivity contribution in [3.8, 4) is 11.3 Å². The summed E-state index contributed by atoms with van der Waals surface area (Å²) in [5.74, 6) is 6.77. The van der Waals surface area contributed by atoms with E-state index in [9.17, 15) is 0 Å². The van der Waals surface area contributed by atoms with Crippen molar-refractivity contribution in [3.63, 3.8) is 0 Å². The number of aromatic nitrogens is 1. The van der Waals surface area contributed by atoms with Crippen molar-refractivity contribution in [1.82, 2.24) is 4.98 Å². The maximum atomic E-state index is 8.56. The Bertz CT molecular complexity index is 663. The molecule has 0 bridgehead atoms. The average molecular weight is 585 g/mol. The van der Waals surface area contributed by atoms with Gasteiger partial charge in [0, 0.05) is 34.3 Å². The van der Waals surface area contributed by atoms with Crippen molar-refractivity contribution in [2.24, 2.45) is 5.92 Å². The van der Waals surface area contributed by atoms with E-state index < -0.39 is 19.6 Å².